The molecule has 0 bridgehead atoms. The molecule has 1 atom stereocenters. The number of carbonyl (C=O) groups is 1. The minimum Gasteiger partial charge on any atom is -0.361 e. The second-order valence-electron chi connectivity index (χ2n) is 6.97. The molecule has 1 saturated heterocycles. The molecule has 128 valence electrons. The van der Waals surface area contributed by atoms with Gasteiger partial charge < -0.3 is 4.98 Å². The first-order valence-electron chi connectivity index (χ1n) is 8.53. The van der Waals surface area contributed by atoms with E-state index in [1.165, 1.54) is 5.39 Å². The number of benzene rings is 2. The third kappa shape index (κ3) is 2.87. The summed E-state index contributed by atoms with van der Waals surface area (Å²) in [4.78, 5) is 16.3. The van der Waals surface area contributed by atoms with E-state index < -0.39 is 5.66 Å². The van der Waals surface area contributed by atoms with Crippen LogP contribution in [0, 0.1) is 0 Å². The molecule has 1 unspecified atom stereocenters. The number of rotatable bonds is 4. The Morgan fingerprint density at radius 2 is 1.80 bits per heavy atom. The van der Waals surface area contributed by atoms with E-state index in [0.29, 0.717) is 6.42 Å². The van der Waals surface area contributed by atoms with Gasteiger partial charge >= 0.3 is 0 Å². The van der Waals surface area contributed by atoms with Crippen molar-refractivity contribution in [3.8, 4) is 0 Å². The van der Waals surface area contributed by atoms with Gasteiger partial charge in [-0.05, 0) is 44.0 Å². The van der Waals surface area contributed by atoms with Gasteiger partial charge in [0.05, 0.1) is 11.7 Å². The summed E-state index contributed by atoms with van der Waals surface area (Å²) in [5, 5.41) is 6.32. The van der Waals surface area contributed by atoms with E-state index in [2.05, 4.69) is 27.9 Å². The lowest BCUT2D eigenvalue weighted by molar-refractivity contribution is -0.130. The lowest BCUT2D eigenvalue weighted by atomic mass is 10.1. The van der Waals surface area contributed by atoms with Crippen LogP contribution in [0.2, 0.25) is 0 Å². The second kappa shape index (κ2) is 5.93. The van der Waals surface area contributed by atoms with Crippen molar-refractivity contribution in [2.75, 3.05) is 5.43 Å². The molecule has 4 rings (SSSR count). The molecule has 0 spiro atoms. The van der Waals surface area contributed by atoms with Gasteiger partial charge in [0, 0.05) is 17.1 Å². The zero-order valence-electron chi connectivity index (χ0n) is 14.4. The first-order valence-corrected chi connectivity index (χ1v) is 8.53. The van der Waals surface area contributed by atoms with E-state index in [0.717, 1.165) is 16.8 Å². The van der Waals surface area contributed by atoms with Crippen molar-refractivity contribution in [1.29, 1.82) is 0 Å². The van der Waals surface area contributed by atoms with Crippen molar-refractivity contribution < 1.29 is 4.79 Å². The molecule has 3 N–H and O–H groups in total. The van der Waals surface area contributed by atoms with Crippen LogP contribution in [0.25, 0.3) is 10.9 Å². The van der Waals surface area contributed by atoms with E-state index in [1.54, 1.807) is 5.01 Å². The van der Waals surface area contributed by atoms with Crippen LogP contribution in [-0.2, 0) is 11.2 Å². The lowest BCUT2D eigenvalue weighted by Crippen LogP contribution is -2.50. The normalized spacial score (nSPS) is 19.5. The van der Waals surface area contributed by atoms with Gasteiger partial charge in [-0.25, -0.2) is 5.01 Å². The Hall–Kier alpha value is -2.79. The Bertz CT molecular complexity index is 900. The van der Waals surface area contributed by atoms with Crippen LogP contribution in [0.1, 0.15) is 19.4 Å². The van der Waals surface area contributed by atoms with Crippen molar-refractivity contribution in [2.24, 2.45) is 0 Å². The molecular weight excluding hydrogens is 312 g/mol. The third-order valence-corrected chi connectivity index (χ3v) is 4.72. The van der Waals surface area contributed by atoms with Crippen LogP contribution in [0.5, 0.6) is 0 Å². The number of aromatic nitrogens is 1. The lowest BCUT2D eigenvalue weighted by Gasteiger charge is -2.31. The highest BCUT2D eigenvalue weighted by Gasteiger charge is 2.44. The fourth-order valence-corrected chi connectivity index (χ4v) is 3.48. The van der Waals surface area contributed by atoms with Crippen molar-refractivity contribution in [3.05, 3.63) is 66.4 Å². The third-order valence-electron chi connectivity index (χ3n) is 4.72. The fraction of sp³-hybridized carbons (Fsp3) is 0.250. The largest absolute Gasteiger partial charge is 0.361 e. The van der Waals surface area contributed by atoms with Crippen LogP contribution < -0.4 is 10.7 Å². The van der Waals surface area contributed by atoms with Crippen molar-refractivity contribution in [3.63, 3.8) is 0 Å². The Labute approximate surface area is 147 Å². The topological polar surface area (TPSA) is 60.2 Å². The molecule has 1 aliphatic rings. The molecule has 0 radical (unpaired) electrons. The number of fused-ring (bicyclic) bond motifs is 1. The number of anilines is 1. The summed E-state index contributed by atoms with van der Waals surface area (Å²) >= 11 is 0. The number of nitrogens with one attached hydrogen (secondary N) is 3. The van der Waals surface area contributed by atoms with Gasteiger partial charge in [-0.2, -0.15) is 0 Å². The Morgan fingerprint density at radius 1 is 1.08 bits per heavy atom. The summed E-state index contributed by atoms with van der Waals surface area (Å²) in [6, 6.07) is 17.7. The fourth-order valence-electron chi connectivity index (χ4n) is 3.48. The molecule has 1 aliphatic heterocycles. The summed E-state index contributed by atoms with van der Waals surface area (Å²) in [5.74, 6) is 0.0548. The molecule has 0 aliphatic carbocycles. The Kier molecular flexibility index (Phi) is 3.73. The quantitative estimate of drug-likeness (QED) is 0.686. The average Bonchev–Trinajstić information content (AvgIpc) is 3.10. The van der Waals surface area contributed by atoms with E-state index in [1.807, 2.05) is 62.5 Å². The molecule has 2 heterocycles. The number of aromatic amines is 1. The standard InChI is InChI=1S/C20H22N4O/c1-20(2)22-18(12-14-13-21-17-11-7-6-10-16(14)17)19(25)24(20)23-15-8-4-3-5-9-15/h3-11,13,18,21-23H,12H2,1-2H3. The highest BCUT2D eigenvalue weighted by atomic mass is 16.2. The summed E-state index contributed by atoms with van der Waals surface area (Å²) in [6.45, 7) is 4.02. The average molecular weight is 334 g/mol. The summed E-state index contributed by atoms with van der Waals surface area (Å²) in [6.07, 6.45) is 2.65. The molecule has 1 fully saturated rings. The molecule has 5 nitrogen and oxygen atoms in total. The number of hydrazine groups is 1. The molecule has 5 heteroatoms. The smallest absolute Gasteiger partial charge is 0.260 e. The predicted octanol–water partition coefficient (Wildman–Crippen LogP) is 3.27. The summed E-state index contributed by atoms with van der Waals surface area (Å²) in [5.41, 5.74) is 5.92. The first kappa shape index (κ1) is 15.7. The van der Waals surface area contributed by atoms with Gasteiger partial charge in [-0.15, -0.1) is 0 Å². The van der Waals surface area contributed by atoms with E-state index in [9.17, 15) is 4.79 Å². The second-order valence-corrected chi connectivity index (χ2v) is 6.97. The predicted molar refractivity (Wildman–Crippen MR) is 99.9 cm³/mol. The highest BCUT2D eigenvalue weighted by molar-refractivity contribution is 5.88. The van der Waals surface area contributed by atoms with Crippen LogP contribution in [-0.4, -0.2) is 27.6 Å². The van der Waals surface area contributed by atoms with Gasteiger partial charge in [-0.3, -0.25) is 15.5 Å². The SMILES string of the molecule is CC1(C)NC(Cc2c[nH]c3ccccc23)C(=O)N1Nc1ccccc1. The first-order chi connectivity index (χ1) is 12.0. The van der Waals surface area contributed by atoms with Gasteiger partial charge in [0.25, 0.3) is 5.91 Å². The number of H-pyrrole nitrogens is 1. The highest BCUT2D eigenvalue weighted by Crippen LogP contribution is 2.26. The van der Waals surface area contributed by atoms with Gasteiger partial charge in [-0.1, -0.05) is 36.4 Å². The monoisotopic (exact) mass is 334 g/mol. The van der Waals surface area contributed by atoms with Gasteiger partial charge in [0.15, 0.2) is 0 Å². The van der Waals surface area contributed by atoms with E-state index >= 15 is 0 Å². The molecule has 1 amide bonds. The Balaban J connectivity index is 1.56. The number of para-hydroxylation sites is 2. The Morgan fingerprint density at radius 3 is 2.60 bits per heavy atom. The molecular formula is C20H22N4O. The number of hydrogen-bond acceptors (Lipinski definition) is 3. The number of hydrogen-bond donors (Lipinski definition) is 3. The van der Waals surface area contributed by atoms with E-state index in [-0.39, 0.29) is 11.9 Å². The van der Waals surface area contributed by atoms with Crippen LogP contribution in [0.4, 0.5) is 5.69 Å². The maximum absolute atomic E-state index is 13.0. The van der Waals surface area contributed by atoms with Crippen LogP contribution in [0.15, 0.2) is 60.8 Å². The maximum Gasteiger partial charge on any atom is 0.260 e. The summed E-state index contributed by atoms with van der Waals surface area (Å²) in [7, 11) is 0. The molecule has 25 heavy (non-hydrogen) atoms. The van der Waals surface area contributed by atoms with Crippen molar-refractivity contribution in [1.82, 2.24) is 15.3 Å². The number of amides is 1. The van der Waals surface area contributed by atoms with Crippen LogP contribution >= 0.6 is 0 Å². The molecule has 1 aromatic heterocycles. The van der Waals surface area contributed by atoms with Crippen molar-refractivity contribution in [2.45, 2.75) is 32.0 Å². The molecule has 3 aromatic rings. The van der Waals surface area contributed by atoms with Gasteiger partial charge in [0.2, 0.25) is 0 Å². The van der Waals surface area contributed by atoms with Crippen molar-refractivity contribution >= 4 is 22.5 Å². The molecule has 2 aromatic carbocycles. The number of carbonyl (C=O) groups excluding carboxylic acids is 1. The molecule has 0 saturated carbocycles. The zero-order chi connectivity index (χ0) is 17.4. The van der Waals surface area contributed by atoms with Gasteiger partial charge in [0.1, 0.15) is 5.66 Å². The minimum absolute atomic E-state index is 0.0548. The minimum atomic E-state index is -0.469. The summed E-state index contributed by atoms with van der Waals surface area (Å²) < 4.78 is 0. The van der Waals surface area contributed by atoms with E-state index in [4.69, 9.17) is 0 Å². The zero-order valence-corrected chi connectivity index (χ0v) is 14.4. The maximum atomic E-state index is 13.0. The van der Waals surface area contributed by atoms with Crippen LogP contribution in [0.3, 0.4) is 0 Å². The number of nitrogens with zero attached hydrogens (tertiary/aromatic N) is 1.